The number of sulfonamides is 1. The molecule has 33 heavy (non-hydrogen) atoms. The molecule has 0 atom stereocenters. The molecular formula is C19H20N8O3S3. The van der Waals surface area contributed by atoms with Gasteiger partial charge in [-0.1, -0.05) is 48.2 Å². The van der Waals surface area contributed by atoms with E-state index in [1.165, 1.54) is 35.2 Å². The maximum Gasteiger partial charge on any atom is 0.240 e. The molecule has 14 heteroatoms. The van der Waals surface area contributed by atoms with Gasteiger partial charge in [-0.05, 0) is 30.7 Å². The zero-order valence-electron chi connectivity index (χ0n) is 17.5. The Morgan fingerprint density at radius 2 is 1.91 bits per heavy atom. The predicted octanol–water partition coefficient (Wildman–Crippen LogP) is 1.79. The van der Waals surface area contributed by atoms with Crippen LogP contribution in [0.4, 0.5) is 5.13 Å². The molecule has 11 nitrogen and oxygen atoms in total. The van der Waals surface area contributed by atoms with Crippen LogP contribution in [0.2, 0.25) is 0 Å². The normalized spacial score (nSPS) is 11.7. The summed E-state index contributed by atoms with van der Waals surface area (Å²) >= 11 is 2.61. The summed E-state index contributed by atoms with van der Waals surface area (Å²) in [6, 6.07) is 11.7. The predicted molar refractivity (Wildman–Crippen MR) is 125 cm³/mol. The molecule has 0 bridgehead atoms. The Bertz CT molecular complexity index is 1360. The van der Waals surface area contributed by atoms with Gasteiger partial charge in [-0.25, -0.2) is 13.1 Å². The average Bonchev–Trinajstić information content (AvgIpc) is 3.45. The van der Waals surface area contributed by atoms with Crippen LogP contribution in [-0.4, -0.2) is 56.6 Å². The minimum Gasteiger partial charge on any atom is -0.300 e. The van der Waals surface area contributed by atoms with Crippen molar-refractivity contribution >= 4 is 49.8 Å². The average molecular weight is 505 g/mol. The molecule has 0 aliphatic heterocycles. The van der Waals surface area contributed by atoms with Gasteiger partial charge in [0.2, 0.25) is 21.1 Å². The fourth-order valence-corrected chi connectivity index (χ4v) is 5.17. The summed E-state index contributed by atoms with van der Waals surface area (Å²) in [4.78, 5) is 12.4. The summed E-state index contributed by atoms with van der Waals surface area (Å²) in [7, 11) is -3.60. The number of nitrogens with one attached hydrogen (secondary N) is 2. The first-order chi connectivity index (χ1) is 15.9. The Hall–Kier alpha value is -2.94. The third-order valence-electron chi connectivity index (χ3n) is 4.36. The first-order valence-electron chi connectivity index (χ1n) is 9.95. The van der Waals surface area contributed by atoms with E-state index in [0.29, 0.717) is 28.0 Å². The number of hydrogen-bond donors (Lipinski definition) is 2. The second-order valence-electron chi connectivity index (χ2n) is 6.71. The molecule has 2 N–H and O–H groups in total. The lowest BCUT2D eigenvalue weighted by molar-refractivity contribution is -0.113. The van der Waals surface area contributed by atoms with Crippen molar-refractivity contribution in [3.63, 3.8) is 0 Å². The van der Waals surface area contributed by atoms with Crippen LogP contribution in [0.15, 0.2) is 52.4 Å². The molecule has 0 radical (unpaired) electrons. The number of nitrogens with zero attached hydrogens (tertiary/aromatic N) is 6. The minimum atomic E-state index is -3.60. The highest BCUT2D eigenvalue weighted by molar-refractivity contribution is 7.99. The fraction of sp³-hybridized carbons (Fsp3) is 0.263. The molecule has 4 aromatic rings. The fourth-order valence-electron chi connectivity index (χ4n) is 2.77. The van der Waals surface area contributed by atoms with E-state index >= 15 is 0 Å². The zero-order chi connectivity index (χ0) is 23.3. The number of aryl methyl sites for hydroxylation is 1. The van der Waals surface area contributed by atoms with Crippen molar-refractivity contribution < 1.29 is 13.2 Å². The SMILES string of the molecule is CCc1nnc(NC(=O)CSc2ccc3nnc(CCNS(=O)(=O)c4ccccc4)n3n2)s1. The number of aromatic nitrogens is 6. The number of fused-ring (bicyclic) bond motifs is 1. The van der Waals surface area contributed by atoms with Gasteiger partial charge in [0.1, 0.15) is 10.0 Å². The number of thioether (sulfide) groups is 1. The molecule has 0 aliphatic carbocycles. The summed E-state index contributed by atoms with van der Waals surface area (Å²) in [5.74, 6) is 0.446. The van der Waals surface area contributed by atoms with Gasteiger partial charge in [0.25, 0.3) is 0 Å². The maximum absolute atomic E-state index is 12.4. The number of hydrogen-bond acceptors (Lipinski definition) is 10. The standard InChI is InChI=1S/C19H20N8O3S3/c1-2-17-24-25-19(32-17)21-16(28)12-31-18-9-8-14-22-23-15(27(14)26-18)10-11-20-33(29,30)13-6-4-3-5-7-13/h3-9,20H,2,10-12H2,1H3,(H,21,25,28). The van der Waals surface area contributed by atoms with Crippen LogP contribution in [0.5, 0.6) is 0 Å². The van der Waals surface area contributed by atoms with E-state index in [9.17, 15) is 13.2 Å². The molecule has 0 unspecified atom stereocenters. The lowest BCUT2D eigenvalue weighted by atomic mass is 10.4. The van der Waals surface area contributed by atoms with Gasteiger partial charge in [0.15, 0.2) is 11.5 Å². The van der Waals surface area contributed by atoms with Crippen LogP contribution < -0.4 is 10.0 Å². The van der Waals surface area contributed by atoms with E-state index in [0.717, 1.165) is 11.4 Å². The largest absolute Gasteiger partial charge is 0.300 e. The van der Waals surface area contributed by atoms with Gasteiger partial charge in [-0.2, -0.15) is 9.61 Å². The quantitative estimate of drug-likeness (QED) is 0.309. The van der Waals surface area contributed by atoms with Crippen LogP contribution in [0.25, 0.3) is 5.65 Å². The topological polar surface area (TPSA) is 144 Å². The van der Waals surface area contributed by atoms with Crippen molar-refractivity contribution in [2.24, 2.45) is 0 Å². The van der Waals surface area contributed by atoms with Crippen LogP contribution in [-0.2, 0) is 27.7 Å². The highest BCUT2D eigenvalue weighted by atomic mass is 32.2. The zero-order valence-corrected chi connectivity index (χ0v) is 20.0. The van der Waals surface area contributed by atoms with E-state index in [-0.39, 0.29) is 23.1 Å². The number of anilines is 1. The maximum atomic E-state index is 12.4. The van der Waals surface area contributed by atoms with Crippen molar-refractivity contribution in [3.8, 4) is 0 Å². The van der Waals surface area contributed by atoms with E-state index in [4.69, 9.17) is 0 Å². The lowest BCUT2D eigenvalue weighted by Gasteiger charge is -2.06. The summed E-state index contributed by atoms with van der Waals surface area (Å²) < 4.78 is 28.8. The Morgan fingerprint density at radius 1 is 1.09 bits per heavy atom. The third-order valence-corrected chi connectivity index (χ3v) is 7.74. The van der Waals surface area contributed by atoms with Gasteiger partial charge in [0, 0.05) is 13.0 Å². The summed E-state index contributed by atoms with van der Waals surface area (Å²) in [5, 5.41) is 25.2. The van der Waals surface area contributed by atoms with E-state index in [1.807, 2.05) is 6.92 Å². The second kappa shape index (κ2) is 10.3. The number of benzene rings is 1. The van der Waals surface area contributed by atoms with Crippen molar-refractivity contribution in [3.05, 3.63) is 53.3 Å². The van der Waals surface area contributed by atoms with Crippen LogP contribution in [0.1, 0.15) is 17.8 Å². The molecule has 4 rings (SSSR count). The number of carbonyl (C=O) groups excluding carboxylic acids is 1. The highest BCUT2D eigenvalue weighted by Gasteiger charge is 2.15. The lowest BCUT2D eigenvalue weighted by Crippen LogP contribution is -2.26. The Kier molecular flexibility index (Phi) is 7.27. The van der Waals surface area contributed by atoms with Crippen LogP contribution in [0, 0.1) is 0 Å². The summed E-state index contributed by atoms with van der Waals surface area (Å²) in [6.07, 6.45) is 1.06. The van der Waals surface area contributed by atoms with Crippen molar-refractivity contribution in [1.82, 2.24) is 34.7 Å². The molecule has 0 saturated carbocycles. The van der Waals surface area contributed by atoms with Gasteiger partial charge in [0.05, 0.1) is 10.6 Å². The monoisotopic (exact) mass is 504 g/mol. The first-order valence-corrected chi connectivity index (χ1v) is 13.2. The molecule has 0 spiro atoms. The van der Waals surface area contributed by atoms with Crippen LogP contribution >= 0.6 is 23.1 Å². The Morgan fingerprint density at radius 3 is 2.67 bits per heavy atom. The summed E-state index contributed by atoms with van der Waals surface area (Å²) in [5.41, 5.74) is 0.533. The highest BCUT2D eigenvalue weighted by Crippen LogP contribution is 2.19. The van der Waals surface area contributed by atoms with E-state index < -0.39 is 10.0 Å². The van der Waals surface area contributed by atoms with E-state index in [1.54, 1.807) is 34.8 Å². The van der Waals surface area contributed by atoms with Gasteiger partial charge in [-0.15, -0.1) is 20.4 Å². The van der Waals surface area contributed by atoms with E-state index in [2.05, 4.69) is 35.5 Å². The molecule has 0 saturated heterocycles. The molecule has 3 aromatic heterocycles. The smallest absolute Gasteiger partial charge is 0.240 e. The van der Waals surface area contributed by atoms with Crippen molar-refractivity contribution in [1.29, 1.82) is 0 Å². The number of amides is 1. The Balaban J connectivity index is 1.35. The van der Waals surface area contributed by atoms with Gasteiger partial charge in [-0.3, -0.25) is 10.1 Å². The molecule has 1 amide bonds. The number of carbonyl (C=O) groups is 1. The Labute approximate surface area is 198 Å². The van der Waals surface area contributed by atoms with Gasteiger partial charge >= 0.3 is 0 Å². The third kappa shape index (κ3) is 5.90. The summed E-state index contributed by atoms with van der Waals surface area (Å²) in [6.45, 7) is 2.11. The molecule has 172 valence electrons. The van der Waals surface area contributed by atoms with Crippen molar-refractivity contribution in [2.45, 2.75) is 29.7 Å². The second-order valence-corrected chi connectivity index (χ2v) is 10.5. The van der Waals surface area contributed by atoms with Crippen LogP contribution in [0.3, 0.4) is 0 Å². The molecule has 0 aliphatic rings. The molecule has 0 fully saturated rings. The molecular weight excluding hydrogens is 484 g/mol. The minimum absolute atomic E-state index is 0.140. The molecule has 3 heterocycles. The van der Waals surface area contributed by atoms with Crippen molar-refractivity contribution in [2.75, 3.05) is 17.6 Å². The van der Waals surface area contributed by atoms with Gasteiger partial charge < -0.3 is 0 Å². The molecule has 1 aromatic carbocycles. The first kappa shape index (κ1) is 23.2. The number of rotatable bonds is 10.